The molecule has 1 aromatic carbocycles. The van der Waals surface area contributed by atoms with Crippen molar-refractivity contribution >= 4 is 11.6 Å². The summed E-state index contributed by atoms with van der Waals surface area (Å²) in [6, 6.07) is 13.5. The molecule has 0 amide bonds. The zero-order chi connectivity index (χ0) is 13.5. The molecular weight excluding hydrogens is 260 g/mol. The molecule has 1 heterocycles. The van der Waals surface area contributed by atoms with Crippen LogP contribution in [0.1, 0.15) is 12.5 Å². The van der Waals surface area contributed by atoms with E-state index in [0.717, 1.165) is 18.1 Å². The first kappa shape index (κ1) is 13.8. The van der Waals surface area contributed by atoms with Crippen LogP contribution in [0.3, 0.4) is 0 Å². The van der Waals surface area contributed by atoms with Crippen molar-refractivity contribution in [1.29, 1.82) is 0 Å². The van der Waals surface area contributed by atoms with E-state index in [9.17, 15) is 0 Å². The molecule has 0 radical (unpaired) electrons. The number of hydrogen-bond donors (Lipinski definition) is 1. The Labute approximate surface area is 118 Å². The van der Waals surface area contributed by atoms with Gasteiger partial charge in [0.1, 0.15) is 6.10 Å². The number of halogens is 1. The lowest BCUT2D eigenvalue weighted by Crippen LogP contribution is -2.28. The SMILES string of the molecule is C[C@H](CNCc1ccc(Cl)cc1)Oc1ccccn1. The van der Waals surface area contributed by atoms with Crippen molar-refractivity contribution in [3.63, 3.8) is 0 Å². The lowest BCUT2D eigenvalue weighted by molar-refractivity contribution is 0.208. The second-order valence-electron chi connectivity index (χ2n) is 4.35. The van der Waals surface area contributed by atoms with Gasteiger partial charge in [-0.15, -0.1) is 0 Å². The van der Waals surface area contributed by atoms with Crippen LogP contribution in [-0.2, 0) is 6.54 Å². The number of hydrogen-bond acceptors (Lipinski definition) is 3. The Morgan fingerprint density at radius 3 is 2.68 bits per heavy atom. The third kappa shape index (κ3) is 4.89. The van der Waals surface area contributed by atoms with Crippen LogP contribution in [0.25, 0.3) is 0 Å². The summed E-state index contributed by atoms with van der Waals surface area (Å²) < 4.78 is 5.68. The van der Waals surface area contributed by atoms with Gasteiger partial charge in [-0.3, -0.25) is 0 Å². The van der Waals surface area contributed by atoms with Gasteiger partial charge in [0.25, 0.3) is 0 Å². The highest BCUT2D eigenvalue weighted by molar-refractivity contribution is 6.30. The lowest BCUT2D eigenvalue weighted by atomic mass is 10.2. The van der Waals surface area contributed by atoms with Gasteiger partial charge in [0, 0.05) is 30.4 Å². The van der Waals surface area contributed by atoms with Crippen molar-refractivity contribution in [1.82, 2.24) is 10.3 Å². The fourth-order valence-electron chi connectivity index (χ4n) is 1.69. The van der Waals surface area contributed by atoms with E-state index < -0.39 is 0 Å². The Morgan fingerprint density at radius 1 is 1.21 bits per heavy atom. The number of nitrogens with one attached hydrogen (secondary N) is 1. The Balaban J connectivity index is 1.72. The highest BCUT2D eigenvalue weighted by Crippen LogP contribution is 2.09. The number of nitrogens with zero attached hydrogens (tertiary/aromatic N) is 1. The maximum atomic E-state index is 5.84. The standard InChI is InChI=1S/C15H17ClN2O/c1-12(19-15-4-2-3-9-18-15)10-17-11-13-5-7-14(16)8-6-13/h2-9,12,17H,10-11H2,1H3/t12-/m1/s1. The molecular formula is C15H17ClN2O. The summed E-state index contributed by atoms with van der Waals surface area (Å²) in [5.41, 5.74) is 1.20. The minimum absolute atomic E-state index is 0.0715. The predicted octanol–water partition coefficient (Wildman–Crippen LogP) is 3.29. The smallest absolute Gasteiger partial charge is 0.213 e. The molecule has 1 atom stereocenters. The summed E-state index contributed by atoms with van der Waals surface area (Å²) in [5, 5.41) is 4.11. The fourth-order valence-corrected chi connectivity index (χ4v) is 1.81. The molecule has 1 N–H and O–H groups in total. The summed E-state index contributed by atoms with van der Waals surface area (Å²) in [6.07, 6.45) is 1.80. The molecule has 2 rings (SSSR count). The van der Waals surface area contributed by atoms with Crippen LogP contribution in [-0.4, -0.2) is 17.6 Å². The van der Waals surface area contributed by atoms with Crippen molar-refractivity contribution in [3.05, 3.63) is 59.2 Å². The summed E-state index contributed by atoms with van der Waals surface area (Å²) in [5.74, 6) is 0.656. The topological polar surface area (TPSA) is 34.1 Å². The fraction of sp³-hybridized carbons (Fsp3) is 0.267. The van der Waals surface area contributed by atoms with E-state index in [1.54, 1.807) is 6.20 Å². The maximum absolute atomic E-state index is 5.84. The molecule has 0 unspecified atom stereocenters. The number of ether oxygens (including phenoxy) is 1. The molecule has 0 saturated heterocycles. The van der Waals surface area contributed by atoms with Gasteiger partial charge in [-0.05, 0) is 30.7 Å². The molecule has 19 heavy (non-hydrogen) atoms. The highest BCUT2D eigenvalue weighted by Gasteiger charge is 2.04. The van der Waals surface area contributed by atoms with Gasteiger partial charge < -0.3 is 10.1 Å². The van der Waals surface area contributed by atoms with Gasteiger partial charge in [0.2, 0.25) is 5.88 Å². The molecule has 2 aromatic rings. The molecule has 0 bridgehead atoms. The third-order valence-corrected chi connectivity index (χ3v) is 2.89. The van der Waals surface area contributed by atoms with E-state index in [0.29, 0.717) is 5.88 Å². The Hall–Kier alpha value is -1.58. The van der Waals surface area contributed by atoms with E-state index in [-0.39, 0.29) is 6.10 Å². The van der Waals surface area contributed by atoms with Crippen molar-refractivity contribution in [2.75, 3.05) is 6.54 Å². The average Bonchev–Trinajstić information content (AvgIpc) is 2.42. The molecule has 3 nitrogen and oxygen atoms in total. The van der Waals surface area contributed by atoms with Crippen LogP contribution in [0.4, 0.5) is 0 Å². The van der Waals surface area contributed by atoms with E-state index in [4.69, 9.17) is 16.3 Å². The van der Waals surface area contributed by atoms with E-state index in [2.05, 4.69) is 10.3 Å². The van der Waals surface area contributed by atoms with Gasteiger partial charge in [-0.25, -0.2) is 4.98 Å². The van der Waals surface area contributed by atoms with Crippen LogP contribution in [0.2, 0.25) is 5.02 Å². The highest BCUT2D eigenvalue weighted by atomic mass is 35.5. The Kier molecular flexibility index (Phi) is 5.19. The van der Waals surface area contributed by atoms with Crippen molar-refractivity contribution in [3.8, 4) is 5.88 Å². The first-order valence-electron chi connectivity index (χ1n) is 6.27. The number of benzene rings is 1. The summed E-state index contributed by atoms with van der Waals surface area (Å²) in [6.45, 7) is 3.58. The summed E-state index contributed by atoms with van der Waals surface area (Å²) in [4.78, 5) is 4.13. The first-order valence-corrected chi connectivity index (χ1v) is 6.64. The quantitative estimate of drug-likeness (QED) is 0.879. The molecule has 100 valence electrons. The van der Waals surface area contributed by atoms with Crippen LogP contribution < -0.4 is 10.1 Å². The van der Waals surface area contributed by atoms with E-state index >= 15 is 0 Å². The van der Waals surface area contributed by atoms with Crippen LogP contribution in [0, 0.1) is 0 Å². The lowest BCUT2D eigenvalue weighted by Gasteiger charge is -2.14. The molecule has 0 aliphatic heterocycles. The number of pyridine rings is 1. The van der Waals surface area contributed by atoms with Gasteiger partial charge in [-0.1, -0.05) is 29.8 Å². The summed E-state index contributed by atoms with van der Waals surface area (Å²) >= 11 is 5.84. The van der Waals surface area contributed by atoms with Crippen LogP contribution in [0.15, 0.2) is 48.7 Å². The van der Waals surface area contributed by atoms with Crippen molar-refractivity contribution in [2.24, 2.45) is 0 Å². The molecule has 1 aromatic heterocycles. The molecule has 0 aliphatic rings. The molecule has 4 heteroatoms. The van der Waals surface area contributed by atoms with E-state index in [1.807, 2.05) is 49.4 Å². The van der Waals surface area contributed by atoms with Gasteiger partial charge in [0.05, 0.1) is 0 Å². The zero-order valence-corrected chi connectivity index (χ0v) is 11.6. The molecule has 0 saturated carbocycles. The molecule has 0 aliphatic carbocycles. The number of rotatable bonds is 6. The average molecular weight is 277 g/mol. The predicted molar refractivity (Wildman–Crippen MR) is 77.5 cm³/mol. The normalized spacial score (nSPS) is 12.1. The zero-order valence-electron chi connectivity index (χ0n) is 10.8. The molecule has 0 spiro atoms. The van der Waals surface area contributed by atoms with E-state index in [1.165, 1.54) is 5.56 Å². The Morgan fingerprint density at radius 2 is 2.00 bits per heavy atom. The maximum Gasteiger partial charge on any atom is 0.213 e. The minimum atomic E-state index is 0.0715. The minimum Gasteiger partial charge on any atom is -0.473 e. The Bertz CT molecular complexity index is 487. The van der Waals surface area contributed by atoms with Crippen molar-refractivity contribution in [2.45, 2.75) is 19.6 Å². The van der Waals surface area contributed by atoms with Crippen LogP contribution >= 0.6 is 11.6 Å². The second-order valence-corrected chi connectivity index (χ2v) is 4.79. The largest absolute Gasteiger partial charge is 0.473 e. The van der Waals surface area contributed by atoms with Crippen LogP contribution in [0.5, 0.6) is 5.88 Å². The van der Waals surface area contributed by atoms with Gasteiger partial charge in [0.15, 0.2) is 0 Å². The molecule has 0 fully saturated rings. The van der Waals surface area contributed by atoms with Crippen molar-refractivity contribution < 1.29 is 4.74 Å². The first-order chi connectivity index (χ1) is 9.24. The number of aromatic nitrogens is 1. The third-order valence-electron chi connectivity index (χ3n) is 2.63. The van der Waals surface area contributed by atoms with Gasteiger partial charge in [-0.2, -0.15) is 0 Å². The summed E-state index contributed by atoms with van der Waals surface area (Å²) in [7, 11) is 0. The second kappa shape index (κ2) is 7.12. The van der Waals surface area contributed by atoms with Gasteiger partial charge >= 0.3 is 0 Å². The monoisotopic (exact) mass is 276 g/mol.